The smallest absolute Gasteiger partial charge is 0.253 e. The number of nitrogens with one attached hydrogen (secondary N) is 1. The zero-order chi connectivity index (χ0) is 22.1. The van der Waals surface area contributed by atoms with E-state index < -0.39 is 0 Å². The number of aromatic nitrogens is 3. The van der Waals surface area contributed by atoms with E-state index in [0.717, 1.165) is 63.1 Å². The van der Waals surface area contributed by atoms with E-state index in [1.807, 2.05) is 61.2 Å². The number of pyridine rings is 2. The van der Waals surface area contributed by atoms with Crippen molar-refractivity contribution in [3.63, 3.8) is 0 Å². The predicted octanol–water partition coefficient (Wildman–Crippen LogP) is 5.47. The highest BCUT2D eigenvalue weighted by Crippen LogP contribution is 2.30. The zero-order valence-corrected chi connectivity index (χ0v) is 19.0. The average molecular weight is 444 g/mol. The Balaban J connectivity index is 1.35. The van der Waals surface area contributed by atoms with Crippen LogP contribution in [0.1, 0.15) is 45.5 Å². The van der Waals surface area contributed by atoms with Crippen molar-refractivity contribution < 1.29 is 4.79 Å². The fourth-order valence-corrected chi connectivity index (χ4v) is 5.18. The lowest BCUT2D eigenvalue weighted by atomic mass is 9.93. The molecule has 4 heterocycles. The van der Waals surface area contributed by atoms with Gasteiger partial charge in [-0.3, -0.25) is 9.78 Å². The summed E-state index contributed by atoms with van der Waals surface area (Å²) in [5, 5.41) is 4.38. The minimum atomic E-state index is 0.0853. The third-order valence-electron chi connectivity index (χ3n) is 5.78. The Morgan fingerprint density at radius 1 is 1.12 bits per heavy atom. The summed E-state index contributed by atoms with van der Waals surface area (Å²) in [5.74, 6) is 1.10. The monoisotopic (exact) mass is 443 g/mol. The van der Waals surface area contributed by atoms with Crippen molar-refractivity contribution in [3.8, 4) is 0 Å². The molecule has 0 unspecified atom stereocenters. The molecule has 32 heavy (non-hydrogen) atoms. The molecule has 1 aliphatic heterocycles. The van der Waals surface area contributed by atoms with Crippen LogP contribution in [0.4, 0.5) is 11.5 Å². The quantitative estimate of drug-likeness (QED) is 0.453. The van der Waals surface area contributed by atoms with Crippen LogP contribution in [0.25, 0.3) is 10.2 Å². The first-order valence-corrected chi connectivity index (χ1v) is 11.7. The molecule has 1 saturated heterocycles. The van der Waals surface area contributed by atoms with Crippen LogP contribution in [-0.4, -0.2) is 38.8 Å². The highest BCUT2D eigenvalue weighted by atomic mass is 32.1. The predicted molar refractivity (Wildman–Crippen MR) is 129 cm³/mol. The van der Waals surface area contributed by atoms with Crippen LogP contribution in [0.3, 0.4) is 0 Å². The van der Waals surface area contributed by atoms with Gasteiger partial charge in [0.1, 0.15) is 5.82 Å². The maximum Gasteiger partial charge on any atom is 0.253 e. The van der Waals surface area contributed by atoms with Crippen molar-refractivity contribution in [1.29, 1.82) is 0 Å². The number of carbonyl (C=O) groups is 1. The number of hydrogen-bond donors (Lipinski definition) is 1. The molecule has 7 heteroatoms. The third-order valence-corrected chi connectivity index (χ3v) is 6.71. The number of benzene rings is 1. The number of anilines is 2. The number of hydrogen-bond acceptors (Lipinski definition) is 6. The molecule has 1 atom stereocenters. The fraction of sp³-hybridized carbons (Fsp3) is 0.280. The summed E-state index contributed by atoms with van der Waals surface area (Å²) < 4.78 is 1.06. The standard InChI is InChI=1S/C25H25N5OS/c1-16-12-20(29-24-7-3-4-10-26-24)14-22(27-16)19-6-5-11-30(15-19)25(31)18-8-9-21-23(13-18)32-17(2)28-21/h3-4,7-10,12-14,19H,5-6,11,15H2,1-2H3,(H,26,27,29)/t19-/m0/s1. The van der Waals surface area contributed by atoms with Gasteiger partial charge in [0, 0.05) is 47.8 Å². The summed E-state index contributed by atoms with van der Waals surface area (Å²) in [4.78, 5) is 28.9. The Morgan fingerprint density at radius 3 is 2.88 bits per heavy atom. The van der Waals surface area contributed by atoms with Gasteiger partial charge in [-0.05, 0) is 69.2 Å². The highest BCUT2D eigenvalue weighted by molar-refractivity contribution is 7.18. The molecule has 1 N–H and O–H groups in total. The minimum Gasteiger partial charge on any atom is -0.340 e. The van der Waals surface area contributed by atoms with Crippen molar-refractivity contribution in [2.24, 2.45) is 0 Å². The summed E-state index contributed by atoms with van der Waals surface area (Å²) in [6.07, 6.45) is 3.76. The van der Waals surface area contributed by atoms with Crippen molar-refractivity contribution in [2.75, 3.05) is 18.4 Å². The van der Waals surface area contributed by atoms with Gasteiger partial charge < -0.3 is 10.2 Å². The number of fused-ring (bicyclic) bond motifs is 1. The van der Waals surface area contributed by atoms with Crippen molar-refractivity contribution in [1.82, 2.24) is 19.9 Å². The van der Waals surface area contributed by atoms with Gasteiger partial charge in [0.05, 0.1) is 15.2 Å². The lowest BCUT2D eigenvalue weighted by molar-refractivity contribution is 0.0706. The van der Waals surface area contributed by atoms with Gasteiger partial charge in [0.15, 0.2) is 0 Å². The SMILES string of the molecule is Cc1cc(Nc2ccccn2)cc([C@H]2CCCN(C(=O)c3ccc4nc(C)sc4c3)C2)n1. The van der Waals surface area contributed by atoms with Crippen LogP contribution >= 0.6 is 11.3 Å². The van der Waals surface area contributed by atoms with E-state index >= 15 is 0 Å². The Hall–Kier alpha value is -3.32. The van der Waals surface area contributed by atoms with Crippen molar-refractivity contribution >= 4 is 39.0 Å². The second-order valence-electron chi connectivity index (χ2n) is 8.27. The minimum absolute atomic E-state index is 0.0853. The third kappa shape index (κ3) is 4.34. The first-order valence-electron chi connectivity index (χ1n) is 10.9. The molecule has 1 fully saturated rings. The summed E-state index contributed by atoms with van der Waals surface area (Å²) >= 11 is 1.63. The molecule has 162 valence electrons. The molecule has 1 aromatic carbocycles. The van der Waals surface area contributed by atoms with Gasteiger partial charge in [-0.25, -0.2) is 9.97 Å². The van der Waals surface area contributed by atoms with Gasteiger partial charge in [0.25, 0.3) is 5.91 Å². The van der Waals surface area contributed by atoms with Gasteiger partial charge in [-0.2, -0.15) is 0 Å². The summed E-state index contributed by atoms with van der Waals surface area (Å²) in [6.45, 7) is 5.45. The maximum atomic E-state index is 13.3. The molecule has 5 rings (SSSR count). The van der Waals surface area contributed by atoms with Crippen molar-refractivity contribution in [2.45, 2.75) is 32.6 Å². The maximum absolute atomic E-state index is 13.3. The molecule has 0 spiro atoms. The van der Waals surface area contributed by atoms with E-state index in [1.165, 1.54) is 0 Å². The molecular weight excluding hydrogens is 418 g/mol. The van der Waals surface area contributed by atoms with Crippen LogP contribution < -0.4 is 5.32 Å². The Labute approximate surface area is 191 Å². The Morgan fingerprint density at radius 2 is 2.03 bits per heavy atom. The second kappa shape index (κ2) is 8.67. The number of rotatable bonds is 4. The van der Waals surface area contributed by atoms with E-state index in [1.54, 1.807) is 17.5 Å². The van der Waals surface area contributed by atoms with Gasteiger partial charge >= 0.3 is 0 Å². The zero-order valence-electron chi connectivity index (χ0n) is 18.2. The number of aryl methyl sites for hydroxylation is 2. The van der Waals surface area contributed by atoms with Gasteiger partial charge in [-0.15, -0.1) is 11.3 Å². The highest BCUT2D eigenvalue weighted by Gasteiger charge is 2.27. The molecule has 0 radical (unpaired) electrons. The molecule has 4 aromatic rings. The van der Waals surface area contributed by atoms with E-state index in [9.17, 15) is 4.79 Å². The molecule has 6 nitrogen and oxygen atoms in total. The number of likely N-dealkylation sites (tertiary alicyclic amines) is 1. The van der Waals surface area contributed by atoms with E-state index in [2.05, 4.69) is 21.4 Å². The number of thiazole rings is 1. The van der Waals surface area contributed by atoms with E-state index in [-0.39, 0.29) is 11.8 Å². The van der Waals surface area contributed by atoms with Crippen LogP contribution in [-0.2, 0) is 0 Å². The Bertz CT molecular complexity index is 1270. The molecular formula is C25H25N5OS. The van der Waals surface area contributed by atoms with Gasteiger partial charge in [-0.1, -0.05) is 6.07 Å². The Kier molecular flexibility index (Phi) is 5.57. The van der Waals surface area contributed by atoms with Crippen LogP contribution in [0.2, 0.25) is 0 Å². The molecule has 1 amide bonds. The summed E-state index contributed by atoms with van der Waals surface area (Å²) in [6, 6.07) is 15.7. The van der Waals surface area contributed by atoms with Gasteiger partial charge in [0.2, 0.25) is 0 Å². The van der Waals surface area contributed by atoms with E-state index in [4.69, 9.17) is 4.98 Å². The fourth-order valence-electron chi connectivity index (χ4n) is 4.32. The lowest BCUT2D eigenvalue weighted by Gasteiger charge is -2.33. The largest absolute Gasteiger partial charge is 0.340 e. The first-order chi connectivity index (χ1) is 15.5. The molecule has 0 bridgehead atoms. The van der Waals surface area contributed by atoms with Crippen LogP contribution in [0.15, 0.2) is 54.7 Å². The first kappa shape index (κ1) is 20.6. The average Bonchev–Trinajstić information content (AvgIpc) is 3.18. The number of amides is 1. The normalized spacial score (nSPS) is 16.3. The van der Waals surface area contributed by atoms with Crippen molar-refractivity contribution in [3.05, 3.63) is 76.7 Å². The molecule has 3 aromatic heterocycles. The van der Waals surface area contributed by atoms with Crippen LogP contribution in [0.5, 0.6) is 0 Å². The van der Waals surface area contributed by atoms with Crippen LogP contribution in [0, 0.1) is 13.8 Å². The topological polar surface area (TPSA) is 71.0 Å². The second-order valence-corrected chi connectivity index (χ2v) is 9.50. The summed E-state index contributed by atoms with van der Waals surface area (Å²) in [5.41, 5.74) is 4.64. The van der Waals surface area contributed by atoms with E-state index in [0.29, 0.717) is 6.54 Å². The summed E-state index contributed by atoms with van der Waals surface area (Å²) in [7, 11) is 0. The molecule has 1 aliphatic rings. The number of nitrogens with zero attached hydrogens (tertiary/aromatic N) is 4. The molecule has 0 aliphatic carbocycles. The number of piperidine rings is 1. The molecule has 0 saturated carbocycles. The lowest BCUT2D eigenvalue weighted by Crippen LogP contribution is -2.39. The number of carbonyl (C=O) groups excluding carboxylic acids is 1.